The van der Waals surface area contributed by atoms with Crippen LogP contribution in [-0.4, -0.2) is 48.6 Å². The van der Waals surface area contributed by atoms with E-state index in [-0.39, 0.29) is 12.5 Å². The number of hydrogen-bond donors (Lipinski definition) is 0. The molecule has 0 saturated heterocycles. The largest absolute Gasteiger partial charge is 0.484 e. The number of hydrogen-bond acceptors (Lipinski definition) is 5. The maximum Gasteiger partial charge on any atom is 0.266 e. The normalized spacial score (nSPS) is 11.2. The van der Waals surface area contributed by atoms with Gasteiger partial charge < -0.3 is 9.64 Å². The maximum atomic E-state index is 13.0. The lowest BCUT2D eigenvalue weighted by molar-refractivity contribution is -0.120. The van der Waals surface area contributed by atoms with Crippen molar-refractivity contribution in [1.82, 2.24) is 9.88 Å². The van der Waals surface area contributed by atoms with Gasteiger partial charge in [0.25, 0.3) is 5.91 Å². The van der Waals surface area contributed by atoms with E-state index in [4.69, 9.17) is 27.9 Å². The number of rotatable bonds is 9. The molecule has 0 atom stereocenters. The van der Waals surface area contributed by atoms with Gasteiger partial charge in [-0.1, -0.05) is 54.5 Å². The lowest BCUT2D eigenvalue weighted by atomic mass is 10.3. The molecule has 0 unspecified atom stereocenters. The Morgan fingerprint density at radius 1 is 1.07 bits per heavy atom. The Balaban J connectivity index is 1.79. The van der Waals surface area contributed by atoms with Gasteiger partial charge in [0.1, 0.15) is 11.3 Å². The van der Waals surface area contributed by atoms with Crippen LogP contribution >= 0.6 is 34.5 Å². The van der Waals surface area contributed by atoms with Gasteiger partial charge in [0.05, 0.1) is 9.72 Å². The topological polar surface area (TPSA) is 45.7 Å². The maximum absolute atomic E-state index is 13.0. The standard InChI is InChI=1S/C21H23Cl2N3O2S/c1-3-25(4-2)12-13-26(19(27)14-28-16-10-8-15(22)9-11-16)21-24-20-17(23)6-5-7-18(20)29-21/h5-11H,3-4,12-14H2,1-2H3. The second-order valence-corrected chi connectivity index (χ2v) is 8.25. The van der Waals surface area contributed by atoms with Crippen LogP contribution in [0.25, 0.3) is 10.2 Å². The molecule has 0 aliphatic carbocycles. The predicted octanol–water partition coefficient (Wildman–Crippen LogP) is 5.36. The minimum atomic E-state index is -0.151. The highest BCUT2D eigenvalue weighted by atomic mass is 35.5. The average molecular weight is 452 g/mol. The first-order valence-corrected chi connectivity index (χ1v) is 11.0. The van der Waals surface area contributed by atoms with Crippen molar-refractivity contribution in [3.05, 3.63) is 52.5 Å². The van der Waals surface area contributed by atoms with Crippen LogP contribution in [0.2, 0.25) is 10.0 Å². The van der Waals surface area contributed by atoms with Crippen LogP contribution in [0.5, 0.6) is 5.75 Å². The molecule has 0 aliphatic heterocycles. The molecule has 1 heterocycles. The van der Waals surface area contributed by atoms with E-state index in [1.165, 1.54) is 11.3 Å². The van der Waals surface area contributed by atoms with Gasteiger partial charge in [-0.3, -0.25) is 9.69 Å². The number of carbonyl (C=O) groups excluding carboxylic acids is 1. The van der Waals surface area contributed by atoms with Gasteiger partial charge in [0.15, 0.2) is 11.7 Å². The SMILES string of the molecule is CCN(CC)CCN(C(=O)COc1ccc(Cl)cc1)c1nc2c(Cl)cccc2s1. The second-order valence-electron chi connectivity index (χ2n) is 6.40. The van der Waals surface area contributed by atoms with Crippen molar-refractivity contribution in [3.63, 3.8) is 0 Å². The third-order valence-electron chi connectivity index (χ3n) is 4.60. The van der Waals surface area contributed by atoms with E-state index in [2.05, 4.69) is 23.7 Å². The van der Waals surface area contributed by atoms with Crippen LogP contribution in [0.4, 0.5) is 5.13 Å². The van der Waals surface area contributed by atoms with Crippen LogP contribution in [0.3, 0.4) is 0 Å². The van der Waals surface area contributed by atoms with Crippen molar-refractivity contribution in [2.75, 3.05) is 37.7 Å². The molecule has 1 aromatic heterocycles. The number of carbonyl (C=O) groups is 1. The lowest BCUT2D eigenvalue weighted by Crippen LogP contribution is -2.41. The number of halogens is 2. The minimum Gasteiger partial charge on any atom is -0.484 e. The molecule has 29 heavy (non-hydrogen) atoms. The predicted molar refractivity (Wildman–Crippen MR) is 122 cm³/mol. The zero-order chi connectivity index (χ0) is 20.8. The first kappa shape index (κ1) is 21.8. The summed E-state index contributed by atoms with van der Waals surface area (Å²) < 4.78 is 6.62. The van der Waals surface area contributed by atoms with Gasteiger partial charge in [0.2, 0.25) is 0 Å². The molecule has 5 nitrogen and oxygen atoms in total. The van der Waals surface area contributed by atoms with Crippen LogP contribution in [-0.2, 0) is 4.79 Å². The summed E-state index contributed by atoms with van der Waals surface area (Å²) in [5.74, 6) is 0.445. The summed E-state index contributed by atoms with van der Waals surface area (Å²) in [5, 5.41) is 1.83. The number of aromatic nitrogens is 1. The Morgan fingerprint density at radius 3 is 2.45 bits per heavy atom. The molecule has 154 valence electrons. The summed E-state index contributed by atoms with van der Waals surface area (Å²) in [4.78, 5) is 21.6. The van der Waals surface area contributed by atoms with Crippen molar-refractivity contribution in [3.8, 4) is 5.75 Å². The molecule has 0 aliphatic rings. The Kier molecular flexibility index (Phi) is 7.72. The monoisotopic (exact) mass is 451 g/mol. The van der Waals surface area contributed by atoms with E-state index in [0.29, 0.717) is 33.0 Å². The number of amides is 1. The minimum absolute atomic E-state index is 0.0798. The van der Waals surface area contributed by atoms with Gasteiger partial charge in [-0.25, -0.2) is 4.98 Å². The fourth-order valence-electron chi connectivity index (χ4n) is 2.88. The summed E-state index contributed by atoms with van der Waals surface area (Å²) in [6.45, 7) is 7.26. The highest BCUT2D eigenvalue weighted by molar-refractivity contribution is 7.22. The smallest absolute Gasteiger partial charge is 0.266 e. The molecule has 1 amide bonds. The van der Waals surface area contributed by atoms with Crippen molar-refractivity contribution in [2.45, 2.75) is 13.8 Å². The average Bonchev–Trinajstić information content (AvgIpc) is 3.16. The number of thiazole rings is 1. The van der Waals surface area contributed by atoms with Gasteiger partial charge in [-0.05, 0) is 49.5 Å². The Morgan fingerprint density at radius 2 is 1.79 bits per heavy atom. The number of fused-ring (bicyclic) bond motifs is 1. The summed E-state index contributed by atoms with van der Waals surface area (Å²) in [5.41, 5.74) is 0.716. The van der Waals surface area contributed by atoms with E-state index in [1.807, 2.05) is 12.1 Å². The van der Waals surface area contributed by atoms with Crippen molar-refractivity contribution in [2.24, 2.45) is 0 Å². The number of anilines is 1. The van der Waals surface area contributed by atoms with E-state index < -0.39 is 0 Å². The van der Waals surface area contributed by atoms with Gasteiger partial charge in [-0.2, -0.15) is 0 Å². The summed E-state index contributed by atoms with van der Waals surface area (Å²) >= 11 is 13.6. The fourth-order valence-corrected chi connectivity index (χ4v) is 4.32. The Labute approximate surface area is 184 Å². The first-order valence-electron chi connectivity index (χ1n) is 9.48. The number of nitrogens with zero attached hydrogens (tertiary/aromatic N) is 3. The van der Waals surface area contributed by atoms with Crippen molar-refractivity contribution < 1.29 is 9.53 Å². The molecule has 0 radical (unpaired) electrons. The highest BCUT2D eigenvalue weighted by Crippen LogP contribution is 2.33. The van der Waals surface area contributed by atoms with Crippen molar-refractivity contribution >= 4 is 55.8 Å². The summed E-state index contributed by atoms with van der Waals surface area (Å²) in [6, 6.07) is 12.6. The number of para-hydroxylation sites is 1. The number of benzene rings is 2. The molecular formula is C21H23Cl2N3O2S. The van der Waals surface area contributed by atoms with Crippen LogP contribution in [0.1, 0.15) is 13.8 Å². The molecule has 0 fully saturated rings. The Bertz CT molecular complexity index is 958. The Hall–Kier alpha value is -1.86. The van der Waals surface area contributed by atoms with E-state index in [0.717, 1.165) is 24.3 Å². The molecular weight excluding hydrogens is 429 g/mol. The lowest BCUT2D eigenvalue weighted by Gasteiger charge is -2.24. The zero-order valence-electron chi connectivity index (χ0n) is 16.4. The molecule has 2 aromatic carbocycles. The zero-order valence-corrected chi connectivity index (χ0v) is 18.7. The molecule has 3 aromatic rings. The van der Waals surface area contributed by atoms with E-state index in [9.17, 15) is 4.79 Å². The molecule has 0 spiro atoms. The van der Waals surface area contributed by atoms with E-state index in [1.54, 1.807) is 35.2 Å². The number of likely N-dealkylation sites (N-methyl/N-ethyl adjacent to an activating group) is 1. The van der Waals surface area contributed by atoms with Crippen molar-refractivity contribution in [1.29, 1.82) is 0 Å². The molecule has 0 bridgehead atoms. The highest BCUT2D eigenvalue weighted by Gasteiger charge is 2.21. The second kappa shape index (κ2) is 10.3. The quantitative estimate of drug-likeness (QED) is 0.439. The van der Waals surface area contributed by atoms with Gasteiger partial charge in [0, 0.05) is 18.1 Å². The van der Waals surface area contributed by atoms with E-state index >= 15 is 0 Å². The molecule has 8 heteroatoms. The molecule has 3 rings (SSSR count). The van der Waals surface area contributed by atoms with Crippen LogP contribution in [0.15, 0.2) is 42.5 Å². The molecule has 0 saturated carbocycles. The van der Waals surface area contributed by atoms with Gasteiger partial charge in [-0.15, -0.1) is 0 Å². The summed E-state index contributed by atoms with van der Waals surface area (Å²) in [6.07, 6.45) is 0. The third-order valence-corrected chi connectivity index (χ3v) is 6.20. The number of ether oxygens (including phenoxy) is 1. The van der Waals surface area contributed by atoms with Gasteiger partial charge >= 0.3 is 0 Å². The third kappa shape index (κ3) is 5.60. The summed E-state index contributed by atoms with van der Waals surface area (Å²) in [7, 11) is 0. The fraction of sp³-hybridized carbons (Fsp3) is 0.333. The van der Waals surface area contributed by atoms with Crippen LogP contribution < -0.4 is 9.64 Å². The molecule has 0 N–H and O–H groups in total. The first-order chi connectivity index (χ1) is 14.0. The van der Waals surface area contributed by atoms with Crippen LogP contribution in [0, 0.1) is 0 Å².